The van der Waals surface area contributed by atoms with Crippen molar-refractivity contribution in [1.82, 2.24) is 0 Å². The molecule has 0 bridgehead atoms. The molecule has 2 aromatic carbocycles. The van der Waals surface area contributed by atoms with Crippen LogP contribution in [0.5, 0.6) is 0 Å². The number of anilines is 1. The van der Waals surface area contributed by atoms with Crippen molar-refractivity contribution in [3.05, 3.63) is 64.2 Å². The van der Waals surface area contributed by atoms with Crippen molar-refractivity contribution in [2.24, 2.45) is 10.7 Å². The van der Waals surface area contributed by atoms with Gasteiger partial charge in [0.25, 0.3) is 0 Å². The maximum Gasteiger partial charge on any atom is 0.196 e. The number of aliphatic imine (C=N–C) groups is 1. The lowest BCUT2D eigenvalue weighted by molar-refractivity contribution is 0.767. The fourth-order valence-electron chi connectivity index (χ4n) is 2.87. The van der Waals surface area contributed by atoms with Gasteiger partial charge >= 0.3 is 0 Å². The van der Waals surface area contributed by atoms with Crippen molar-refractivity contribution in [2.75, 3.05) is 11.4 Å². The predicted molar refractivity (Wildman–Crippen MR) is 89.1 cm³/mol. The first-order chi connectivity index (χ1) is 10.0. The Morgan fingerprint density at radius 1 is 1.10 bits per heavy atom. The van der Waals surface area contributed by atoms with Crippen LogP contribution in [0.1, 0.15) is 22.7 Å². The van der Waals surface area contributed by atoms with Crippen molar-refractivity contribution < 1.29 is 0 Å². The molecule has 1 aliphatic rings. The normalized spacial score (nSPS) is 18.0. The van der Waals surface area contributed by atoms with Crippen LogP contribution in [0.3, 0.4) is 0 Å². The van der Waals surface area contributed by atoms with Crippen molar-refractivity contribution in [2.45, 2.75) is 19.9 Å². The number of hydrogen-bond donors (Lipinski definition) is 1. The molecule has 2 N–H and O–H groups in total. The lowest BCUT2D eigenvalue weighted by Gasteiger charge is -2.27. The lowest BCUT2D eigenvalue weighted by atomic mass is 10.0. The first kappa shape index (κ1) is 14.0. The molecule has 3 rings (SSSR count). The third-order valence-corrected chi connectivity index (χ3v) is 3.97. The average Bonchev–Trinajstić information content (AvgIpc) is 2.80. The van der Waals surface area contributed by atoms with Crippen LogP contribution in [0.25, 0.3) is 0 Å². The lowest BCUT2D eigenvalue weighted by Crippen LogP contribution is -2.36. The Bertz CT molecular complexity index is 671. The zero-order chi connectivity index (χ0) is 15.0. The number of nitrogens with two attached hydrogens (primary N) is 1. The van der Waals surface area contributed by atoms with Crippen LogP contribution in [-0.2, 0) is 0 Å². The summed E-state index contributed by atoms with van der Waals surface area (Å²) in [4.78, 5) is 6.49. The summed E-state index contributed by atoms with van der Waals surface area (Å²) >= 11 is 5.97. The van der Waals surface area contributed by atoms with E-state index in [1.54, 1.807) is 0 Å². The second kappa shape index (κ2) is 5.41. The highest BCUT2D eigenvalue weighted by molar-refractivity contribution is 6.30. The van der Waals surface area contributed by atoms with Crippen LogP contribution in [0.4, 0.5) is 5.69 Å². The number of guanidine groups is 1. The van der Waals surface area contributed by atoms with Gasteiger partial charge in [-0.05, 0) is 43.7 Å². The van der Waals surface area contributed by atoms with E-state index >= 15 is 0 Å². The van der Waals surface area contributed by atoms with E-state index in [0.717, 1.165) is 10.7 Å². The second-order valence-corrected chi connectivity index (χ2v) is 5.92. The Hall–Kier alpha value is -2.00. The highest BCUT2D eigenvalue weighted by Gasteiger charge is 2.28. The molecule has 0 saturated heterocycles. The van der Waals surface area contributed by atoms with Crippen LogP contribution in [0.2, 0.25) is 5.02 Å². The number of benzene rings is 2. The third kappa shape index (κ3) is 2.74. The second-order valence-electron chi connectivity index (χ2n) is 5.48. The van der Waals surface area contributed by atoms with E-state index in [4.69, 9.17) is 17.3 Å². The highest BCUT2D eigenvalue weighted by atomic mass is 35.5. The van der Waals surface area contributed by atoms with Crippen LogP contribution in [0.15, 0.2) is 47.5 Å². The van der Waals surface area contributed by atoms with Crippen molar-refractivity contribution in [3.8, 4) is 0 Å². The summed E-state index contributed by atoms with van der Waals surface area (Å²) in [7, 11) is 0. The van der Waals surface area contributed by atoms with E-state index in [9.17, 15) is 0 Å². The molecule has 21 heavy (non-hydrogen) atoms. The number of hydrogen-bond acceptors (Lipinski definition) is 3. The van der Waals surface area contributed by atoms with Gasteiger partial charge in [-0.3, -0.25) is 4.99 Å². The topological polar surface area (TPSA) is 41.6 Å². The zero-order valence-corrected chi connectivity index (χ0v) is 12.9. The van der Waals surface area contributed by atoms with Crippen LogP contribution in [-0.4, -0.2) is 12.5 Å². The number of aryl methyl sites for hydroxylation is 2. The smallest absolute Gasteiger partial charge is 0.196 e. The summed E-state index contributed by atoms with van der Waals surface area (Å²) < 4.78 is 0. The van der Waals surface area contributed by atoms with Gasteiger partial charge in [-0.25, -0.2) is 0 Å². The first-order valence-electron chi connectivity index (χ1n) is 6.97. The maximum absolute atomic E-state index is 6.10. The van der Waals surface area contributed by atoms with Crippen molar-refractivity contribution >= 4 is 23.2 Å². The Labute approximate surface area is 130 Å². The van der Waals surface area contributed by atoms with E-state index in [-0.39, 0.29) is 6.04 Å². The predicted octanol–water partition coefficient (Wildman–Crippen LogP) is 3.83. The summed E-state index contributed by atoms with van der Waals surface area (Å²) in [6.45, 7) is 4.90. The molecule has 1 unspecified atom stereocenters. The van der Waals surface area contributed by atoms with Crippen LogP contribution >= 0.6 is 11.6 Å². The van der Waals surface area contributed by atoms with Gasteiger partial charge in [0.1, 0.15) is 0 Å². The van der Waals surface area contributed by atoms with E-state index in [0.29, 0.717) is 12.5 Å². The van der Waals surface area contributed by atoms with Gasteiger partial charge in [0, 0.05) is 10.7 Å². The van der Waals surface area contributed by atoms with Gasteiger partial charge in [0.15, 0.2) is 5.96 Å². The Morgan fingerprint density at radius 3 is 2.33 bits per heavy atom. The van der Waals surface area contributed by atoms with Gasteiger partial charge in [-0.1, -0.05) is 40.9 Å². The maximum atomic E-state index is 6.10. The van der Waals surface area contributed by atoms with E-state index in [2.05, 4.69) is 41.9 Å². The molecule has 1 heterocycles. The molecule has 0 spiro atoms. The standard InChI is InChI=1S/C17H18ClN3/c1-11-7-12(2)9-13(8-11)16-10-20-17(19)21(16)15-5-3-14(18)4-6-15/h3-9,16H,10H2,1-2H3,(H2,19,20). The quantitative estimate of drug-likeness (QED) is 0.915. The molecule has 1 aliphatic heterocycles. The van der Waals surface area contributed by atoms with Crippen LogP contribution in [0, 0.1) is 13.8 Å². The third-order valence-electron chi connectivity index (χ3n) is 3.72. The molecule has 0 radical (unpaired) electrons. The summed E-state index contributed by atoms with van der Waals surface area (Å²) in [5.41, 5.74) is 10.9. The minimum Gasteiger partial charge on any atom is -0.369 e. The minimum atomic E-state index is 0.143. The molecule has 2 aromatic rings. The van der Waals surface area contributed by atoms with Gasteiger partial charge in [0.05, 0.1) is 12.6 Å². The van der Waals surface area contributed by atoms with Gasteiger partial charge < -0.3 is 10.6 Å². The Balaban J connectivity index is 2.00. The molecular formula is C17H18ClN3. The molecule has 108 valence electrons. The number of halogens is 1. The zero-order valence-electron chi connectivity index (χ0n) is 12.2. The average molecular weight is 300 g/mol. The molecule has 3 nitrogen and oxygen atoms in total. The Morgan fingerprint density at radius 2 is 1.71 bits per heavy atom. The Kier molecular flexibility index (Phi) is 3.60. The summed E-state index contributed by atoms with van der Waals surface area (Å²) in [6.07, 6.45) is 0. The summed E-state index contributed by atoms with van der Waals surface area (Å²) in [5.74, 6) is 0.557. The fraction of sp³-hybridized carbons (Fsp3) is 0.235. The SMILES string of the molecule is Cc1cc(C)cc(C2CN=C(N)N2c2ccc(Cl)cc2)c1. The largest absolute Gasteiger partial charge is 0.369 e. The van der Waals surface area contributed by atoms with E-state index in [1.807, 2.05) is 24.3 Å². The van der Waals surface area contributed by atoms with Gasteiger partial charge in [-0.15, -0.1) is 0 Å². The molecule has 0 aromatic heterocycles. The molecule has 0 saturated carbocycles. The highest BCUT2D eigenvalue weighted by Crippen LogP contribution is 2.32. The van der Waals surface area contributed by atoms with Crippen molar-refractivity contribution in [1.29, 1.82) is 0 Å². The van der Waals surface area contributed by atoms with E-state index < -0.39 is 0 Å². The summed E-state index contributed by atoms with van der Waals surface area (Å²) in [5, 5.41) is 0.719. The fourth-order valence-corrected chi connectivity index (χ4v) is 2.99. The first-order valence-corrected chi connectivity index (χ1v) is 7.35. The van der Waals surface area contributed by atoms with Crippen molar-refractivity contribution in [3.63, 3.8) is 0 Å². The monoisotopic (exact) mass is 299 g/mol. The molecule has 4 heteroatoms. The molecule has 0 amide bonds. The molecular weight excluding hydrogens is 282 g/mol. The van der Waals surface area contributed by atoms with E-state index in [1.165, 1.54) is 16.7 Å². The number of rotatable bonds is 2. The molecule has 1 atom stereocenters. The molecule has 0 fully saturated rings. The van der Waals surface area contributed by atoms with Gasteiger partial charge in [-0.2, -0.15) is 0 Å². The molecule has 0 aliphatic carbocycles. The summed E-state index contributed by atoms with van der Waals surface area (Å²) in [6, 6.07) is 14.4. The van der Waals surface area contributed by atoms with Crippen LogP contribution < -0.4 is 10.6 Å². The minimum absolute atomic E-state index is 0.143. The number of nitrogens with zero attached hydrogens (tertiary/aromatic N) is 2. The van der Waals surface area contributed by atoms with Gasteiger partial charge in [0.2, 0.25) is 0 Å².